The Hall–Kier alpha value is 0.0900. The average Bonchev–Trinajstić information content (AvgIpc) is 2.56. The molecule has 0 aromatic rings. The zero-order chi connectivity index (χ0) is 17.9. The van der Waals surface area contributed by atoms with Crippen molar-refractivity contribution in [1.29, 1.82) is 0 Å². The molecule has 0 aliphatic heterocycles. The third kappa shape index (κ3) is 16.0. The van der Waals surface area contributed by atoms with Crippen LogP contribution in [-0.4, -0.2) is 72.6 Å². The van der Waals surface area contributed by atoms with Crippen molar-refractivity contribution in [2.24, 2.45) is 0 Å². The third-order valence-corrected chi connectivity index (χ3v) is 4.73. The van der Waals surface area contributed by atoms with Crippen LogP contribution >= 0.6 is 0 Å². The Labute approximate surface area is 161 Å². The number of aliphatic hydroxyl groups excluding tert-OH is 3. The average molecular weight is 384 g/mol. The maximum absolute atomic E-state index is 9.21. The molecule has 0 atom stereocenters. The van der Waals surface area contributed by atoms with Crippen LogP contribution in [0.4, 0.5) is 0 Å². The fourth-order valence-corrected chi connectivity index (χ4v) is 3.12. The Morgan fingerprint density at radius 2 is 1.04 bits per heavy atom. The molecule has 0 rings (SSSR count). The molecule has 25 heavy (non-hydrogen) atoms. The molecule has 0 spiro atoms. The van der Waals surface area contributed by atoms with Crippen LogP contribution in [0.15, 0.2) is 0 Å². The summed E-state index contributed by atoms with van der Waals surface area (Å²) in [6.45, 7) is 5.10. The molecule has 0 aliphatic rings. The molecule has 6 heteroatoms. The fourth-order valence-electron chi connectivity index (χ4n) is 3.12. The Bertz CT molecular complexity index is 241. The summed E-state index contributed by atoms with van der Waals surface area (Å²) in [4.78, 5) is 0. The first kappa shape index (κ1) is 27.3. The predicted octanol–water partition coefficient (Wildman–Crippen LogP) is -0.321. The lowest BCUT2D eigenvalue weighted by Crippen LogP contribution is -3.00. The Kier molecular flexibility index (Phi) is 22.3. The summed E-state index contributed by atoms with van der Waals surface area (Å²) in [7, 11) is 0. The predicted molar refractivity (Wildman–Crippen MR) is 98.8 cm³/mol. The van der Waals surface area contributed by atoms with Gasteiger partial charge >= 0.3 is 0 Å². The van der Waals surface area contributed by atoms with Crippen molar-refractivity contribution in [1.82, 2.24) is 0 Å². The van der Waals surface area contributed by atoms with Crippen molar-refractivity contribution in [2.45, 2.75) is 71.1 Å². The first-order chi connectivity index (χ1) is 11.7. The number of quaternary nitrogens is 1. The van der Waals surface area contributed by atoms with Crippen molar-refractivity contribution in [3.8, 4) is 0 Å². The number of unbranched alkanes of at least 4 members (excludes halogenated alkanes) is 9. The van der Waals surface area contributed by atoms with Gasteiger partial charge in [-0.1, -0.05) is 64.7 Å². The van der Waals surface area contributed by atoms with Gasteiger partial charge in [-0.05, 0) is 6.42 Å². The molecule has 5 nitrogen and oxygen atoms in total. The van der Waals surface area contributed by atoms with Crippen molar-refractivity contribution in [3.63, 3.8) is 0 Å². The maximum atomic E-state index is 9.21. The topological polar surface area (TPSA) is 69.9 Å². The van der Waals surface area contributed by atoms with Crippen molar-refractivity contribution in [2.75, 3.05) is 52.8 Å². The summed E-state index contributed by atoms with van der Waals surface area (Å²) in [6.07, 6.45) is 13.1. The summed E-state index contributed by atoms with van der Waals surface area (Å²) >= 11 is 0. The molecule has 0 bridgehead atoms. The standard InChI is InChI=1S/C19H42NO4.ClH/c1-2-3-4-5-6-7-8-9-10-11-18-24-19-20(12-15-21,13-16-22)14-17-23;/h21-23H,2-19H2,1H3;1H/q+1;/p-1. The second-order valence-electron chi connectivity index (χ2n) is 6.90. The lowest BCUT2D eigenvalue weighted by atomic mass is 10.1. The monoisotopic (exact) mass is 383 g/mol. The summed E-state index contributed by atoms with van der Waals surface area (Å²) < 4.78 is 6.20. The molecular weight excluding hydrogens is 342 g/mol. The van der Waals surface area contributed by atoms with E-state index in [-0.39, 0.29) is 32.2 Å². The van der Waals surface area contributed by atoms with E-state index in [1.165, 1.54) is 57.8 Å². The van der Waals surface area contributed by atoms with Gasteiger partial charge in [0.05, 0.1) is 26.4 Å². The van der Waals surface area contributed by atoms with E-state index in [1.54, 1.807) is 0 Å². The number of hydrogen-bond donors (Lipinski definition) is 3. The lowest BCUT2D eigenvalue weighted by molar-refractivity contribution is -0.946. The van der Waals surface area contributed by atoms with Gasteiger partial charge in [-0.25, -0.2) is 0 Å². The van der Waals surface area contributed by atoms with Gasteiger partial charge in [0.1, 0.15) is 19.6 Å². The highest BCUT2D eigenvalue weighted by molar-refractivity contribution is 4.47. The molecule has 0 saturated carbocycles. The molecular formula is C19H42ClNO4. The summed E-state index contributed by atoms with van der Waals surface area (Å²) in [5.41, 5.74) is 0. The van der Waals surface area contributed by atoms with Crippen LogP contribution in [0.3, 0.4) is 0 Å². The number of halogens is 1. The van der Waals surface area contributed by atoms with Gasteiger partial charge in [0, 0.05) is 0 Å². The smallest absolute Gasteiger partial charge is 0.183 e. The minimum atomic E-state index is 0. The van der Waals surface area contributed by atoms with Crippen LogP contribution in [0, 0.1) is 0 Å². The molecule has 0 unspecified atom stereocenters. The molecule has 0 fully saturated rings. The molecule has 0 aromatic heterocycles. The normalized spacial score (nSPS) is 11.5. The van der Waals surface area contributed by atoms with Gasteiger partial charge in [-0.15, -0.1) is 0 Å². The first-order valence-corrected chi connectivity index (χ1v) is 10.00. The molecule has 0 saturated heterocycles. The molecule has 0 aliphatic carbocycles. The van der Waals surface area contributed by atoms with E-state index in [2.05, 4.69) is 6.92 Å². The van der Waals surface area contributed by atoms with Gasteiger partial charge in [0.2, 0.25) is 0 Å². The van der Waals surface area contributed by atoms with Gasteiger partial charge < -0.3 is 32.5 Å². The highest BCUT2D eigenvalue weighted by Crippen LogP contribution is 2.11. The molecule has 0 heterocycles. The van der Waals surface area contributed by atoms with Gasteiger partial charge in [0.25, 0.3) is 0 Å². The second kappa shape index (κ2) is 20.4. The quantitative estimate of drug-likeness (QED) is 0.162. The van der Waals surface area contributed by atoms with Crippen LogP contribution in [-0.2, 0) is 4.74 Å². The van der Waals surface area contributed by atoms with Crippen LogP contribution in [0.2, 0.25) is 0 Å². The van der Waals surface area contributed by atoms with E-state index in [0.29, 0.717) is 30.8 Å². The second-order valence-corrected chi connectivity index (χ2v) is 6.90. The molecule has 154 valence electrons. The number of nitrogens with zero attached hydrogens (tertiary/aromatic N) is 1. The van der Waals surface area contributed by atoms with Crippen molar-refractivity contribution in [3.05, 3.63) is 0 Å². The number of hydrogen-bond acceptors (Lipinski definition) is 4. The van der Waals surface area contributed by atoms with Gasteiger partial charge in [-0.2, -0.15) is 0 Å². The Morgan fingerprint density at radius 1 is 0.640 bits per heavy atom. The minimum Gasteiger partial charge on any atom is -1.00 e. The number of aliphatic hydroxyl groups is 3. The van der Waals surface area contributed by atoms with E-state index in [0.717, 1.165) is 13.0 Å². The lowest BCUT2D eigenvalue weighted by Gasteiger charge is -2.36. The summed E-state index contributed by atoms with van der Waals surface area (Å²) in [5.74, 6) is 0. The van der Waals surface area contributed by atoms with Crippen molar-refractivity contribution >= 4 is 0 Å². The van der Waals surface area contributed by atoms with Gasteiger partial charge in [0.15, 0.2) is 6.73 Å². The van der Waals surface area contributed by atoms with E-state index in [4.69, 9.17) is 4.74 Å². The van der Waals surface area contributed by atoms with Gasteiger partial charge in [-0.3, -0.25) is 4.48 Å². The van der Waals surface area contributed by atoms with Crippen LogP contribution in [0.1, 0.15) is 71.1 Å². The van der Waals surface area contributed by atoms with Crippen LogP contribution < -0.4 is 12.4 Å². The first-order valence-electron chi connectivity index (χ1n) is 10.00. The third-order valence-electron chi connectivity index (χ3n) is 4.73. The minimum absolute atomic E-state index is 0. The van der Waals surface area contributed by atoms with E-state index >= 15 is 0 Å². The Balaban J connectivity index is 0. The molecule has 0 aromatic carbocycles. The largest absolute Gasteiger partial charge is 1.00 e. The van der Waals surface area contributed by atoms with Crippen LogP contribution in [0.5, 0.6) is 0 Å². The summed E-state index contributed by atoms with van der Waals surface area (Å²) in [6, 6.07) is 0. The summed E-state index contributed by atoms with van der Waals surface area (Å²) in [5, 5.41) is 27.6. The SMILES string of the molecule is CCCCCCCCCCCCOC[N+](CCO)(CCO)CCO.[Cl-]. The molecule has 3 N–H and O–H groups in total. The number of ether oxygens (including phenoxy) is 1. The Morgan fingerprint density at radius 3 is 1.44 bits per heavy atom. The number of rotatable bonds is 19. The molecule has 0 amide bonds. The van der Waals surface area contributed by atoms with E-state index in [9.17, 15) is 15.3 Å². The van der Waals surface area contributed by atoms with E-state index < -0.39 is 0 Å². The zero-order valence-corrected chi connectivity index (χ0v) is 17.1. The molecule has 0 radical (unpaired) electrons. The fraction of sp³-hybridized carbons (Fsp3) is 1.00. The van der Waals surface area contributed by atoms with Crippen LogP contribution in [0.25, 0.3) is 0 Å². The highest BCUT2D eigenvalue weighted by atomic mass is 35.5. The van der Waals surface area contributed by atoms with E-state index in [1.807, 2.05) is 0 Å². The maximum Gasteiger partial charge on any atom is 0.183 e. The zero-order valence-electron chi connectivity index (χ0n) is 16.3. The van der Waals surface area contributed by atoms with Crippen molar-refractivity contribution < 1.29 is 36.9 Å². The highest BCUT2D eigenvalue weighted by Gasteiger charge is 2.25.